The van der Waals surface area contributed by atoms with Crippen LogP contribution in [0.25, 0.3) is 0 Å². The van der Waals surface area contributed by atoms with Gasteiger partial charge >= 0.3 is 0 Å². The van der Waals surface area contributed by atoms with Crippen LogP contribution in [0, 0.1) is 0 Å². The SMILES string of the molecule is CC(=O)c1sncc1Cl. The first-order valence-corrected chi connectivity index (χ1v) is 3.48. The Morgan fingerprint density at radius 1 is 1.89 bits per heavy atom. The Balaban J connectivity index is 3.08. The molecule has 0 saturated heterocycles. The van der Waals surface area contributed by atoms with E-state index in [1.807, 2.05) is 0 Å². The minimum absolute atomic E-state index is 0.0255. The molecule has 1 aromatic rings. The van der Waals surface area contributed by atoms with Crippen molar-refractivity contribution < 1.29 is 4.79 Å². The highest BCUT2D eigenvalue weighted by Crippen LogP contribution is 2.18. The van der Waals surface area contributed by atoms with Crippen LogP contribution in [0.2, 0.25) is 5.02 Å². The number of hydrogen-bond acceptors (Lipinski definition) is 3. The van der Waals surface area contributed by atoms with Gasteiger partial charge in [0.05, 0.1) is 11.2 Å². The lowest BCUT2D eigenvalue weighted by atomic mass is 10.4. The van der Waals surface area contributed by atoms with Gasteiger partial charge in [-0.3, -0.25) is 4.79 Å². The van der Waals surface area contributed by atoms with Gasteiger partial charge in [-0.15, -0.1) is 0 Å². The Morgan fingerprint density at radius 2 is 2.56 bits per heavy atom. The van der Waals surface area contributed by atoms with E-state index in [1.54, 1.807) is 0 Å². The molecule has 0 aliphatic heterocycles. The fourth-order valence-electron chi connectivity index (χ4n) is 0.460. The van der Waals surface area contributed by atoms with E-state index < -0.39 is 0 Å². The minimum Gasteiger partial charge on any atom is -0.293 e. The summed E-state index contributed by atoms with van der Waals surface area (Å²) in [4.78, 5) is 11.2. The summed E-state index contributed by atoms with van der Waals surface area (Å²) in [6, 6.07) is 0. The van der Waals surface area contributed by atoms with Crippen molar-refractivity contribution in [3.8, 4) is 0 Å². The van der Waals surface area contributed by atoms with Gasteiger partial charge in [-0.05, 0) is 11.5 Å². The first-order chi connectivity index (χ1) is 4.22. The molecule has 9 heavy (non-hydrogen) atoms. The summed E-state index contributed by atoms with van der Waals surface area (Å²) in [6.07, 6.45) is 1.48. The van der Waals surface area contributed by atoms with Crippen molar-refractivity contribution in [3.05, 3.63) is 16.1 Å². The molecule has 0 radical (unpaired) electrons. The van der Waals surface area contributed by atoms with Crippen molar-refractivity contribution in [2.45, 2.75) is 6.92 Å². The van der Waals surface area contributed by atoms with Gasteiger partial charge in [-0.1, -0.05) is 11.6 Å². The van der Waals surface area contributed by atoms with Gasteiger partial charge in [0.1, 0.15) is 4.88 Å². The minimum atomic E-state index is -0.0255. The number of Topliss-reactive ketones (excluding diaryl/α,β-unsaturated/α-hetero) is 1. The van der Waals surface area contributed by atoms with Crippen LogP contribution in [0.5, 0.6) is 0 Å². The molecule has 4 heteroatoms. The lowest BCUT2D eigenvalue weighted by Crippen LogP contribution is -1.85. The summed E-state index contributed by atoms with van der Waals surface area (Å²) in [5.41, 5.74) is 0. The Bertz CT molecular complexity index is 233. The molecule has 0 N–H and O–H groups in total. The van der Waals surface area contributed by atoms with Crippen LogP contribution in [0.3, 0.4) is 0 Å². The molecule has 0 amide bonds. The molecule has 0 aromatic carbocycles. The van der Waals surface area contributed by atoms with Crippen molar-refractivity contribution in [2.24, 2.45) is 0 Å². The summed E-state index contributed by atoms with van der Waals surface area (Å²) in [5.74, 6) is -0.0255. The fraction of sp³-hybridized carbons (Fsp3) is 0.200. The van der Waals surface area contributed by atoms with Crippen LogP contribution in [-0.4, -0.2) is 10.2 Å². The van der Waals surface area contributed by atoms with Gasteiger partial charge in [0.25, 0.3) is 0 Å². The van der Waals surface area contributed by atoms with Gasteiger partial charge in [0, 0.05) is 6.92 Å². The highest BCUT2D eigenvalue weighted by atomic mass is 35.5. The summed E-state index contributed by atoms with van der Waals surface area (Å²) in [7, 11) is 0. The maximum atomic E-state index is 10.6. The monoisotopic (exact) mass is 161 g/mol. The molecular formula is C5H4ClNOS. The van der Waals surface area contributed by atoms with Gasteiger partial charge in [0.15, 0.2) is 5.78 Å². The molecule has 0 atom stereocenters. The second-order valence-electron chi connectivity index (χ2n) is 1.56. The molecule has 1 rings (SSSR count). The second-order valence-corrected chi connectivity index (χ2v) is 2.77. The van der Waals surface area contributed by atoms with Crippen molar-refractivity contribution in [2.75, 3.05) is 0 Å². The van der Waals surface area contributed by atoms with Gasteiger partial charge in [-0.2, -0.15) is 4.37 Å². The van der Waals surface area contributed by atoms with Crippen molar-refractivity contribution >= 4 is 28.9 Å². The number of rotatable bonds is 1. The van der Waals surface area contributed by atoms with E-state index in [2.05, 4.69) is 4.37 Å². The maximum absolute atomic E-state index is 10.6. The van der Waals surface area contributed by atoms with Gasteiger partial charge < -0.3 is 0 Å². The summed E-state index contributed by atoms with van der Waals surface area (Å²) >= 11 is 6.69. The first kappa shape index (κ1) is 6.71. The zero-order valence-corrected chi connectivity index (χ0v) is 6.29. The number of carbonyl (C=O) groups is 1. The molecule has 1 aromatic heterocycles. The average Bonchev–Trinajstić information content (AvgIpc) is 2.13. The van der Waals surface area contributed by atoms with E-state index in [4.69, 9.17) is 11.6 Å². The highest BCUT2D eigenvalue weighted by Gasteiger charge is 2.06. The molecule has 0 aliphatic rings. The van der Waals surface area contributed by atoms with E-state index in [0.29, 0.717) is 9.90 Å². The second kappa shape index (κ2) is 2.45. The zero-order valence-electron chi connectivity index (χ0n) is 4.72. The lowest BCUT2D eigenvalue weighted by molar-refractivity contribution is 0.102. The fourth-order valence-corrected chi connectivity index (χ4v) is 1.34. The van der Waals surface area contributed by atoms with Crippen molar-refractivity contribution in [1.29, 1.82) is 0 Å². The van der Waals surface area contributed by atoms with E-state index in [9.17, 15) is 4.79 Å². The standard InChI is InChI=1S/C5H4ClNOS/c1-3(8)5-4(6)2-7-9-5/h2H,1H3. The Labute approximate surface area is 61.6 Å². The lowest BCUT2D eigenvalue weighted by Gasteiger charge is -1.83. The van der Waals surface area contributed by atoms with E-state index >= 15 is 0 Å². The van der Waals surface area contributed by atoms with Gasteiger partial charge in [0.2, 0.25) is 0 Å². The predicted octanol–water partition coefficient (Wildman–Crippen LogP) is 2.00. The van der Waals surface area contributed by atoms with Crippen LogP contribution in [-0.2, 0) is 0 Å². The number of carbonyl (C=O) groups excluding carboxylic acids is 1. The topological polar surface area (TPSA) is 30.0 Å². The number of hydrogen-bond donors (Lipinski definition) is 0. The van der Waals surface area contributed by atoms with E-state index in [1.165, 1.54) is 13.1 Å². The third-order valence-corrected chi connectivity index (χ3v) is 2.15. The molecule has 0 saturated carbocycles. The molecule has 48 valence electrons. The normalized spacial score (nSPS) is 9.56. The highest BCUT2D eigenvalue weighted by molar-refractivity contribution is 7.08. The average molecular weight is 162 g/mol. The Morgan fingerprint density at radius 3 is 2.78 bits per heavy atom. The third-order valence-electron chi connectivity index (χ3n) is 0.847. The largest absolute Gasteiger partial charge is 0.293 e. The van der Waals surface area contributed by atoms with Crippen LogP contribution >= 0.6 is 23.1 Å². The molecule has 0 fully saturated rings. The predicted molar refractivity (Wildman–Crippen MR) is 37.1 cm³/mol. The maximum Gasteiger partial charge on any atom is 0.172 e. The van der Waals surface area contributed by atoms with Crippen LogP contribution < -0.4 is 0 Å². The molecule has 2 nitrogen and oxygen atoms in total. The van der Waals surface area contributed by atoms with E-state index in [0.717, 1.165) is 11.5 Å². The molecule has 1 heterocycles. The smallest absolute Gasteiger partial charge is 0.172 e. The Hall–Kier alpha value is -0.410. The number of halogens is 1. The summed E-state index contributed by atoms with van der Waals surface area (Å²) < 4.78 is 3.73. The van der Waals surface area contributed by atoms with Crippen molar-refractivity contribution in [1.82, 2.24) is 4.37 Å². The summed E-state index contributed by atoms with van der Waals surface area (Å²) in [6.45, 7) is 1.47. The van der Waals surface area contributed by atoms with Crippen molar-refractivity contribution in [3.63, 3.8) is 0 Å². The van der Waals surface area contributed by atoms with Crippen LogP contribution in [0.1, 0.15) is 16.6 Å². The third kappa shape index (κ3) is 1.28. The van der Waals surface area contributed by atoms with Crippen LogP contribution in [0.15, 0.2) is 6.20 Å². The molecule has 0 aliphatic carbocycles. The van der Waals surface area contributed by atoms with Crippen LogP contribution in [0.4, 0.5) is 0 Å². The van der Waals surface area contributed by atoms with E-state index in [-0.39, 0.29) is 5.78 Å². The number of ketones is 1. The quantitative estimate of drug-likeness (QED) is 0.590. The Kier molecular flexibility index (Phi) is 1.83. The number of aromatic nitrogens is 1. The summed E-state index contributed by atoms with van der Waals surface area (Å²) in [5, 5.41) is 0.451. The molecule has 0 unspecified atom stereocenters. The molecule has 0 spiro atoms. The zero-order chi connectivity index (χ0) is 6.85. The first-order valence-electron chi connectivity index (χ1n) is 2.33. The van der Waals surface area contributed by atoms with Gasteiger partial charge in [-0.25, -0.2) is 0 Å². The number of nitrogens with zero attached hydrogens (tertiary/aromatic N) is 1. The molecular weight excluding hydrogens is 158 g/mol. The molecule has 0 bridgehead atoms.